The number of phenolic OH excluding ortho intramolecular Hbond substituents is 1. The lowest BCUT2D eigenvalue weighted by Crippen LogP contribution is -2.20. The number of ether oxygens (including phenoxy) is 1. The van der Waals surface area contributed by atoms with Gasteiger partial charge in [0.05, 0.1) is 18.4 Å². The maximum atomic E-state index is 12.1. The Kier molecular flexibility index (Phi) is 5.60. The number of methoxy groups -OCH3 is 1. The lowest BCUT2D eigenvalue weighted by Gasteiger charge is -2.07. The summed E-state index contributed by atoms with van der Waals surface area (Å²) in [4.78, 5) is 12.1. The van der Waals surface area contributed by atoms with Crippen LogP contribution >= 0.6 is 11.6 Å². The van der Waals surface area contributed by atoms with Gasteiger partial charge < -0.3 is 9.84 Å². The number of hydrogen-bond acceptors (Lipinski definition) is 4. The third-order valence-electron chi connectivity index (χ3n) is 3.25. The quantitative estimate of drug-likeness (QED) is 0.649. The zero-order chi connectivity index (χ0) is 16.8. The predicted octanol–water partition coefficient (Wildman–Crippen LogP) is 3.60. The Labute approximate surface area is 139 Å². The van der Waals surface area contributed by atoms with Crippen molar-refractivity contribution in [2.75, 3.05) is 7.11 Å². The molecule has 0 aliphatic rings. The third-order valence-corrected chi connectivity index (χ3v) is 3.49. The molecule has 0 radical (unpaired) electrons. The number of amides is 1. The summed E-state index contributed by atoms with van der Waals surface area (Å²) in [7, 11) is 1.60. The summed E-state index contributed by atoms with van der Waals surface area (Å²) >= 11 is 5.84. The molecule has 0 bridgehead atoms. The number of hydrogen-bond donors (Lipinski definition) is 2. The highest BCUT2D eigenvalue weighted by atomic mass is 35.5. The molecule has 0 spiro atoms. The van der Waals surface area contributed by atoms with Crippen LogP contribution in [0.15, 0.2) is 47.6 Å². The number of hydrazone groups is 1. The molecule has 0 aliphatic heterocycles. The summed E-state index contributed by atoms with van der Waals surface area (Å²) in [6.07, 6.45) is 0.633. The number of nitrogens with one attached hydrogen (secondary N) is 1. The molecule has 5 nitrogen and oxygen atoms in total. The standard InChI is InChI=1S/C17H17ClN2O3/c1-3-15(11-4-7-13(23-2)8-5-11)19-20-17(22)14-10-12(18)6-9-16(14)21/h4-10,21H,3H2,1-2H3,(H,20,22)/b19-15-. The second-order valence-corrected chi connectivity index (χ2v) is 5.18. The molecule has 23 heavy (non-hydrogen) atoms. The molecular weight excluding hydrogens is 316 g/mol. The van der Waals surface area contributed by atoms with Crippen LogP contribution in [0.4, 0.5) is 0 Å². The number of carbonyl (C=O) groups excluding carboxylic acids is 1. The SMILES string of the molecule is CC/C(=N/NC(=O)c1cc(Cl)ccc1O)c1ccc(OC)cc1. The summed E-state index contributed by atoms with van der Waals surface area (Å²) in [6, 6.07) is 11.6. The lowest BCUT2D eigenvalue weighted by molar-refractivity contribution is 0.0952. The summed E-state index contributed by atoms with van der Waals surface area (Å²) in [6.45, 7) is 1.94. The Morgan fingerprint density at radius 1 is 1.26 bits per heavy atom. The van der Waals surface area contributed by atoms with Gasteiger partial charge >= 0.3 is 0 Å². The van der Waals surface area contributed by atoms with Crippen molar-refractivity contribution in [3.8, 4) is 11.5 Å². The number of benzene rings is 2. The first-order valence-electron chi connectivity index (χ1n) is 7.05. The molecule has 6 heteroatoms. The van der Waals surface area contributed by atoms with Crippen LogP contribution in [0.3, 0.4) is 0 Å². The van der Waals surface area contributed by atoms with Gasteiger partial charge in [0.15, 0.2) is 0 Å². The Morgan fingerprint density at radius 3 is 2.57 bits per heavy atom. The number of aromatic hydroxyl groups is 1. The number of carbonyl (C=O) groups is 1. The van der Waals surface area contributed by atoms with E-state index in [1.807, 2.05) is 31.2 Å². The largest absolute Gasteiger partial charge is 0.507 e. The Morgan fingerprint density at radius 2 is 1.96 bits per heavy atom. The smallest absolute Gasteiger partial charge is 0.275 e. The molecule has 120 valence electrons. The second kappa shape index (κ2) is 7.65. The Hall–Kier alpha value is -2.53. The van der Waals surface area contributed by atoms with Crippen LogP contribution in [-0.4, -0.2) is 23.8 Å². The molecule has 1 amide bonds. The zero-order valence-corrected chi connectivity index (χ0v) is 13.6. The summed E-state index contributed by atoms with van der Waals surface area (Å²) in [5, 5.41) is 14.2. The normalized spacial score (nSPS) is 11.2. The number of rotatable bonds is 5. The van der Waals surface area contributed by atoms with Crippen molar-refractivity contribution in [3.05, 3.63) is 58.6 Å². The molecule has 0 saturated heterocycles. The van der Waals surface area contributed by atoms with E-state index in [2.05, 4.69) is 10.5 Å². The average Bonchev–Trinajstić information content (AvgIpc) is 2.58. The van der Waals surface area contributed by atoms with Gasteiger partial charge in [-0.2, -0.15) is 5.10 Å². The highest BCUT2D eigenvalue weighted by Crippen LogP contribution is 2.21. The third kappa shape index (κ3) is 4.23. The molecule has 0 heterocycles. The molecule has 0 aromatic heterocycles. The van der Waals surface area contributed by atoms with E-state index >= 15 is 0 Å². The van der Waals surface area contributed by atoms with Crippen LogP contribution in [0.5, 0.6) is 11.5 Å². The fourth-order valence-electron chi connectivity index (χ4n) is 2.00. The van der Waals surface area contributed by atoms with Gasteiger partial charge in [-0.15, -0.1) is 0 Å². The first-order valence-corrected chi connectivity index (χ1v) is 7.42. The van der Waals surface area contributed by atoms with Crippen LogP contribution < -0.4 is 10.2 Å². The van der Waals surface area contributed by atoms with Gasteiger partial charge in [0.1, 0.15) is 11.5 Å². The van der Waals surface area contributed by atoms with Crippen molar-refractivity contribution < 1.29 is 14.6 Å². The topological polar surface area (TPSA) is 70.9 Å². The first-order chi connectivity index (χ1) is 11.0. The minimum Gasteiger partial charge on any atom is -0.507 e. The maximum absolute atomic E-state index is 12.1. The van der Waals surface area contributed by atoms with Crippen LogP contribution in [0.25, 0.3) is 0 Å². The first kappa shape index (κ1) is 16.8. The van der Waals surface area contributed by atoms with E-state index in [-0.39, 0.29) is 11.3 Å². The molecule has 0 saturated carbocycles. The molecule has 2 rings (SSSR count). The molecule has 0 atom stereocenters. The fraction of sp³-hybridized carbons (Fsp3) is 0.176. The van der Waals surface area contributed by atoms with Crippen molar-refractivity contribution in [3.63, 3.8) is 0 Å². The van der Waals surface area contributed by atoms with Gasteiger partial charge in [0.25, 0.3) is 5.91 Å². The molecule has 0 aliphatic carbocycles. The van der Waals surface area contributed by atoms with E-state index in [1.54, 1.807) is 7.11 Å². The Balaban J connectivity index is 2.18. The van der Waals surface area contributed by atoms with E-state index in [4.69, 9.17) is 16.3 Å². The van der Waals surface area contributed by atoms with Gasteiger partial charge in [0, 0.05) is 5.02 Å². The minimum absolute atomic E-state index is 0.0754. The molecule has 2 N–H and O–H groups in total. The lowest BCUT2D eigenvalue weighted by atomic mass is 10.1. The van der Waals surface area contributed by atoms with Crippen LogP contribution in [-0.2, 0) is 0 Å². The highest BCUT2D eigenvalue weighted by Gasteiger charge is 2.11. The van der Waals surface area contributed by atoms with E-state index in [0.29, 0.717) is 17.2 Å². The van der Waals surface area contributed by atoms with Crippen molar-refractivity contribution >= 4 is 23.2 Å². The molecular formula is C17H17ClN2O3. The monoisotopic (exact) mass is 332 g/mol. The van der Waals surface area contributed by atoms with Gasteiger partial charge in [-0.3, -0.25) is 4.79 Å². The summed E-state index contributed by atoms with van der Waals surface area (Å²) in [5.74, 6) is 0.0751. The summed E-state index contributed by atoms with van der Waals surface area (Å²) < 4.78 is 5.11. The van der Waals surface area contributed by atoms with Gasteiger partial charge in [-0.05, 0) is 54.4 Å². The average molecular weight is 333 g/mol. The van der Waals surface area contributed by atoms with E-state index in [1.165, 1.54) is 18.2 Å². The molecule has 2 aromatic rings. The van der Waals surface area contributed by atoms with Gasteiger partial charge in [-0.1, -0.05) is 18.5 Å². The highest BCUT2D eigenvalue weighted by molar-refractivity contribution is 6.31. The second-order valence-electron chi connectivity index (χ2n) is 4.74. The van der Waals surface area contributed by atoms with E-state index in [0.717, 1.165) is 11.3 Å². The van der Waals surface area contributed by atoms with Crippen LogP contribution in [0.2, 0.25) is 5.02 Å². The van der Waals surface area contributed by atoms with Crippen molar-refractivity contribution in [1.29, 1.82) is 0 Å². The maximum Gasteiger partial charge on any atom is 0.275 e. The Bertz CT molecular complexity index is 727. The van der Waals surface area contributed by atoms with Crippen LogP contribution in [0.1, 0.15) is 29.3 Å². The van der Waals surface area contributed by atoms with Gasteiger partial charge in [-0.25, -0.2) is 5.43 Å². The van der Waals surface area contributed by atoms with Crippen LogP contribution in [0, 0.1) is 0 Å². The van der Waals surface area contributed by atoms with E-state index < -0.39 is 5.91 Å². The zero-order valence-electron chi connectivity index (χ0n) is 12.8. The number of nitrogens with zero attached hydrogens (tertiary/aromatic N) is 1. The molecule has 0 unspecified atom stereocenters. The number of phenols is 1. The molecule has 0 fully saturated rings. The predicted molar refractivity (Wildman–Crippen MR) is 90.4 cm³/mol. The minimum atomic E-state index is -0.524. The summed E-state index contributed by atoms with van der Waals surface area (Å²) in [5.41, 5.74) is 4.11. The molecule has 2 aromatic carbocycles. The van der Waals surface area contributed by atoms with Crippen molar-refractivity contribution in [2.24, 2.45) is 5.10 Å². The fourth-order valence-corrected chi connectivity index (χ4v) is 2.17. The number of halogens is 1. The van der Waals surface area contributed by atoms with Crippen molar-refractivity contribution in [1.82, 2.24) is 5.43 Å². The van der Waals surface area contributed by atoms with Gasteiger partial charge in [0.2, 0.25) is 0 Å². The van der Waals surface area contributed by atoms with Crippen molar-refractivity contribution in [2.45, 2.75) is 13.3 Å². The van der Waals surface area contributed by atoms with E-state index in [9.17, 15) is 9.90 Å².